The fraction of sp³-hybridized carbons (Fsp3) is 0.474. The van der Waals surface area contributed by atoms with Crippen molar-refractivity contribution in [3.63, 3.8) is 0 Å². The molecule has 2 aromatic heterocycles. The van der Waals surface area contributed by atoms with E-state index in [1.54, 1.807) is 11.0 Å². The Kier molecular flexibility index (Phi) is 4.33. The number of hydrogen-bond donors (Lipinski definition) is 1. The largest absolute Gasteiger partial charge is 0.505 e. The quantitative estimate of drug-likeness (QED) is 0.882. The van der Waals surface area contributed by atoms with Gasteiger partial charge < -0.3 is 19.4 Å². The normalized spacial score (nSPS) is 22.2. The molecular formula is C19H22N4O4. The molecule has 0 unspecified atom stereocenters. The number of hydrogen-bond acceptors (Lipinski definition) is 6. The topological polar surface area (TPSA) is 99.8 Å². The summed E-state index contributed by atoms with van der Waals surface area (Å²) in [4.78, 5) is 33.4. The number of piperidine rings is 1. The van der Waals surface area contributed by atoms with Gasteiger partial charge in [0.05, 0.1) is 18.2 Å². The van der Waals surface area contributed by atoms with Crippen molar-refractivity contribution in [2.75, 3.05) is 13.1 Å². The molecule has 3 aliphatic heterocycles. The fourth-order valence-corrected chi connectivity index (χ4v) is 4.02. The highest BCUT2D eigenvalue weighted by atomic mass is 16.5. The molecule has 2 bridgehead atoms. The van der Waals surface area contributed by atoms with Crippen molar-refractivity contribution in [3.8, 4) is 5.75 Å². The summed E-state index contributed by atoms with van der Waals surface area (Å²) in [6, 6.07) is 2.95. The average molecular weight is 370 g/mol. The summed E-state index contributed by atoms with van der Waals surface area (Å²) in [5, 5.41) is 13.9. The highest BCUT2D eigenvalue weighted by Crippen LogP contribution is 2.32. The number of fused-ring (bicyclic) bond motifs is 4. The molecule has 5 rings (SSSR count). The van der Waals surface area contributed by atoms with Crippen LogP contribution in [0.15, 0.2) is 22.9 Å². The number of aromatic nitrogens is 2. The number of pyridine rings is 1. The number of aryl methyl sites for hydroxylation is 2. The van der Waals surface area contributed by atoms with Gasteiger partial charge in [0, 0.05) is 30.9 Å². The molecule has 1 N–H and O–H groups in total. The van der Waals surface area contributed by atoms with Gasteiger partial charge in [0.1, 0.15) is 11.5 Å². The molecule has 2 atom stereocenters. The van der Waals surface area contributed by atoms with E-state index in [-0.39, 0.29) is 35.2 Å². The highest BCUT2D eigenvalue weighted by molar-refractivity contribution is 5.95. The maximum Gasteiger partial charge on any atom is 0.276 e. The van der Waals surface area contributed by atoms with Crippen molar-refractivity contribution in [3.05, 3.63) is 41.0 Å². The van der Waals surface area contributed by atoms with Crippen LogP contribution in [0.25, 0.3) is 0 Å². The Hall–Kier alpha value is -2.90. The summed E-state index contributed by atoms with van der Waals surface area (Å²) in [5.74, 6) is 0.0626. The number of carbonyl (C=O) groups excluding carboxylic acids is 2. The maximum atomic E-state index is 13.0. The minimum Gasteiger partial charge on any atom is -0.505 e. The Bertz CT molecular complexity index is 874. The van der Waals surface area contributed by atoms with Crippen molar-refractivity contribution < 1.29 is 19.2 Å². The summed E-state index contributed by atoms with van der Waals surface area (Å²) >= 11 is 0. The highest BCUT2D eigenvalue weighted by Gasteiger charge is 2.42. The number of amides is 2. The van der Waals surface area contributed by atoms with E-state index < -0.39 is 0 Å². The van der Waals surface area contributed by atoms with Gasteiger partial charge in [-0.25, -0.2) is 4.98 Å². The zero-order valence-electron chi connectivity index (χ0n) is 15.4. The van der Waals surface area contributed by atoms with Gasteiger partial charge in [-0.1, -0.05) is 5.16 Å². The van der Waals surface area contributed by atoms with Crippen LogP contribution in [0.2, 0.25) is 0 Å². The lowest BCUT2D eigenvalue weighted by Crippen LogP contribution is -2.47. The van der Waals surface area contributed by atoms with E-state index in [1.165, 1.54) is 12.3 Å². The Labute approximate surface area is 156 Å². The second-order valence-electron chi connectivity index (χ2n) is 7.28. The van der Waals surface area contributed by atoms with Crippen LogP contribution in [-0.2, 0) is 11.3 Å². The standard InChI is InChI=1S/C19H22N4O4/c1-11-15(12(2)27-21-11)10-23-14-6-5-13(18(23)25)8-22(9-14)19(26)17-16(24)4-3-7-20-17/h3-4,7,13-14,24H,5-6,8-10H2,1-2H3/t13-,14+/m1/s1. The molecule has 142 valence electrons. The van der Waals surface area contributed by atoms with Crippen LogP contribution in [0.1, 0.15) is 40.3 Å². The molecule has 27 heavy (non-hydrogen) atoms. The Balaban J connectivity index is 1.59. The number of aromatic hydroxyl groups is 1. The van der Waals surface area contributed by atoms with Crippen LogP contribution in [0.5, 0.6) is 5.75 Å². The lowest BCUT2D eigenvalue weighted by Gasteiger charge is -2.35. The number of carbonyl (C=O) groups is 2. The molecule has 0 spiro atoms. The van der Waals surface area contributed by atoms with Crippen LogP contribution >= 0.6 is 0 Å². The second kappa shape index (κ2) is 6.68. The van der Waals surface area contributed by atoms with Crippen molar-refractivity contribution in [2.24, 2.45) is 5.92 Å². The molecule has 2 amide bonds. The molecular weight excluding hydrogens is 348 g/mol. The zero-order valence-corrected chi connectivity index (χ0v) is 15.4. The molecule has 3 saturated heterocycles. The minimum atomic E-state index is -0.336. The smallest absolute Gasteiger partial charge is 0.276 e. The van der Waals surface area contributed by atoms with E-state index in [0.29, 0.717) is 25.4 Å². The van der Waals surface area contributed by atoms with E-state index in [1.807, 2.05) is 18.7 Å². The Morgan fingerprint density at radius 2 is 2.15 bits per heavy atom. The van der Waals surface area contributed by atoms with Gasteiger partial charge in [0.25, 0.3) is 5.91 Å². The SMILES string of the molecule is Cc1noc(C)c1CN1C(=O)[C@@H]2CC[C@H]1CN(C(=O)c1ncccc1O)C2. The molecule has 2 aromatic rings. The molecule has 0 aliphatic carbocycles. The van der Waals surface area contributed by atoms with Crippen LogP contribution in [0, 0.1) is 19.8 Å². The van der Waals surface area contributed by atoms with E-state index in [2.05, 4.69) is 10.1 Å². The van der Waals surface area contributed by atoms with Crippen LogP contribution in [-0.4, -0.2) is 56.0 Å². The second-order valence-corrected chi connectivity index (χ2v) is 7.28. The van der Waals surface area contributed by atoms with E-state index >= 15 is 0 Å². The molecule has 8 heteroatoms. The molecule has 0 saturated carbocycles. The summed E-state index contributed by atoms with van der Waals surface area (Å²) in [6.07, 6.45) is 3.09. The first-order valence-corrected chi connectivity index (χ1v) is 9.11. The van der Waals surface area contributed by atoms with Gasteiger partial charge in [0.15, 0.2) is 5.69 Å². The van der Waals surface area contributed by atoms with Crippen LogP contribution in [0.4, 0.5) is 0 Å². The monoisotopic (exact) mass is 370 g/mol. The zero-order chi connectivity index (χ0) is 19.1. The van der Waals surface area contributed by atoms with Gasteiger partial charge in [0.2, 0.25) is 5.91 Å². The summed E-state index contributed by atoms with van der Waals surface area (Å²) in [7, 11) is 0. The first-order valence-electron chi connectivity index (χ1n) is 9.11. The summed E-state index contributed by atoms with van der Waals surface area (Å²) in [6.45, 7) is 4.93. The van der Waals surface area contributed by atoms with Crippen molar-refractivity contribution in [2.45, 2.75) is 39.3 Å². The third-order valence-electron chi connectivity index (χ3n) is 5.58. The van der Waals surface area contributed by atoms with Gasteiger partial charge in [-0.15, -0.1) is 0 Å². The Morgan fingerprint density at radius 3 is 2.85 bits per heavy atom. The van der Waals surface area contributed by atoms with Crippen LogP contribution in [0.3, 0.4) is 0 Å². The van der Waals surface area contributed by atoms with E-state index in [9.17, 15) is 14.7 Å². The van der Waals surface area contributed by atoms with Gasteiger partial charge >= 0.3 is 0 Å². The van der Waals surface area contributed by atoms with Gasteiger partial charge in [-0.3, -0.25) is 9.59 Å². The molecule has 5 heterocycles. The third-order valence-corrected chi connectivity index (χ3v) is 5.58. The van der Waals surface area contributed by atoms with E-state index in [4.69, 9.17) is 4.52 Å². The van der Waals surface area contributed by atoms with Gasteiger partial charge in [-0.05, 0) is 38.8 Å². The minimum absolute atomic E-state index is 0.0310. The maximum absolute atomic E-state index is 13.0. The molecule has 3 fully saturated rings. The fourth-order valence-electron chi connectivity index (χ4n) is 4.02. The number of rotatable bonds is 3. The summed E-state index contributed by atoms with van der Waals surface area (Å²) < 4.78 is 5.23. The molecule has 8 nitrogen and oxygen atoms in total. The van der Waals surface area contributed by atoms with Gasteiger partial charge in [-0.2, -0.15) is 0 Å². The Morgan fingerprint density at radius 1 is 1.33 bits per heavy atom. The van der Waals surface area contributed by atoms with Crippen molar-refractivity contribution in [1.29, 1.82) is 0 Å². The van der Waals surface area contributed by atoms with Crippen molar-refractivity contribution in [1.82, 2.24) is 19.9 Å². The summed E-state index contributed by atoms with van der Waals surface area (Å²) in [5.41, 5.74) is 1.74. The first-order chi connectivity index (χ1) is 13.0. The average Bonchev–Trinajstić information content (AvgIpc) is 2.83. The van der Waals surface area contributed by atoms with Crippen molar-refractivity contribution >= 4 is 11.8 Å². The lowest BCUT2D eigenvalue weighted by atomic mass is 9.93. The van der Waals surface area contributed by atoms with Crippen LogP contribution < -0.4 is 0 Å². The molecule has 3 aliphatic rings. The third kappa shape index (κ3) is 3.05. The predicted molar refractivity (Wildman–Crippen MR) is 94.8 cm³/mol. The molecule has 0 radical (unpaired) electrons. The first kappa shape index (κ1) is 17.5. The lowest BCUT2D eigenvalue weighted by molar-refractivity contribution is -0.140. The predicted octanol–water partition coefficient (Wildman–Crippen LogP) is 1.66. The van der Waals surface area contributed by atoms with E-state index in [0.717, 1.165) is 24.1 Å². The number of nitrogens with zero attached hydrogens (tertiary/aromatic N) is 4. The molecule has 0 aromatic carbocycles.